The molecule has 0 saturated heterocycles. The minimum Gasteiger partial charge on any atom is -0.393 e. The molecule has 0 spiro atoms. The van der Waals surface area contributed by atoms with E-state index in [0.29, 0.717) is 23.1 Å². The van der Waals surface area contributed by atoms with Gasteiger partial charge >= 0.3 is 0 Å². The van der Waals surface area contributed by atoms with Crippen LogP contribution >= 0.6 is 0 Å². The molecule has 2 aliphatic carbocycles. The molecule has 4 rings (SSSR count). The van der Waals surface area contributed by atoms with Gasteiger partial charge in [-0.3, -0.25) is 9.78 Å². The summed E-state index contributed by atoms with van der Waals surface area (Å²) in [6, 6.07) is 3.71. The number of aromatic nitrogens is 3. The normalized spacial score (nSPS) is 18.5. The molecule has 1 amide bonds. The molecule has 0 unspecified atom stereocenters. The summed E-state index contributed by atoms with van der Waals surface area (Å²) < 4.78 is 0. The number of aliphatic hydroxyl groups is 1. The number of aliphatic imine (C=N–C) groups is 1. The summed E-state index contributed by atoms with van der Waals surface area (Å²) in [6.45, 7) is 2.95. The first-order valence-electron chi connectivity index (χ1n) is 11.2. The van der Waals surface area contributed by atoms with Crippen LogP contribution in [0.5, 0.6) is 0 Å². The van der Waals surface area contributed by atoms with Crippen LogP contribution in [0.2, 0.25) is 0 Å². The number of aliphatic hydroxyl groups excluding tert-OH is 1. The second-order valence-electron chi connectivity index (χ2n) is 8.32. The van der Waals surface area contributed by atoms with E-state index >= 15 is 0 Å². The Hall–Kier alpha value is -2.87. The molecule has 0 atom stereocenters. The second kappa shape index (κ2) is 9.96. The van der Waals surface area contributed by atoms with Crippen LogP contribution in [0.25, 0.3) is 11.3 Å². The van der Waals surface area contributed by atoms with E-state index in [9.17, 15) is 9.90 Å². The molecule has 0 aliphatic heterocycles. The van der Waals surface area contributed by atoms with Crippen molar-refractivity contribution >= 4 is 29.1 Å². The molecule has 8 nitrogen and oxygen atoms in total. The Morgan fingerprint density at radius 3 is 2.65 bits per heavy atom. The van der Waals surface area contributed by atoms with Crippen LogP contribution in [0, 0.1) is 5.92 Å². The Labute approximate surface area is 182 Å². The van der Waals surface area contributed by atoms with E-state index in [1.165, 1.54) is 0 Å². The van der Waals surface area contributed by atoms with Crippen molar-refractivity contribution in [1.82, 2.24) is 15.0 Å². The van der Waals surface area contributed by atoms with Crippen molar-refractivity contribution in [3.63, 3.8) is 0 Å². The summed E-state index contributed by atoms with van der Waals surface area (Å²) in [7, 11) is 0. The molecule has 2 fully saturated rings. The minimum absolute atomic E-state index is 0.0620. The molecule has 3 N–H and O–H groups in total. The van der Waals surface area contributed by atoms with Crippen molar-refractivity contribution < 1.29 is 9.90 Å². The Morgan fingerprint density at radius 1 is 1.16 bits per heavy atom. The molecular formula is C23H30N6O2. The predicted octanol–water partition coefficient (Wildman–Crippen LogP) is 4.11. The smallest absolute Gasteiger partial charge is 0.227 e. The van der Waals surface area contributed by atoms with Crippen LogP contribution in [-0.2, 0) is 4.79 Å². The number of hydrogen-bond acceptors (Lipinski definition) is 7. The van der Waals surface area contributed by atoms with Crippen molar-refractivity contribution in [3.05, 3.63) is 24.5 Å². The molecule has 0 bridgehead atoms. The standard InChI is InChI=1S/C23H30N6O2/c1-2-3-12-24-23-26-14-19(21(29-23)27-16-6-9-18(30)10-7-16)20-11-8-17(13-25-20)28-22(31)15-4-5-15/h8,11,13-15,18,30H,2-7,9-10,12H2,1H3,(H,28,31)(H,24,26,29). The summed E-state index contributed by atoms with van der Waals surface area (Å²) in [5.74, 6) is 1.35. The number of anilines is 2. The maximum atomic E-state index is 12.0. The predicted molar refractivity (Wildman–Crippen MR) is 122 cm³/mol. The van der Waals surface area contributed by atoms with Gasteiger partial charge < -0.3 is 15.7 Å². The van der Waals surface area contributed by atoms with Crippen molar-refractivity contribution in [3.8, 4) is 11.3 Å². The first-order valence-corrected chi connectivity index (χ1v) is 11.2. The summed E-state index contributed by atoms with van der Waals surface area (Å²) in [5.41, 5.74) is 3.19. The van der Waals surface area contributed by atoms with Crippen LogP contribution in [0.1, 0.15) is 58.3 Å². The fourth-order valence-corrected chi connectivity index (χ4v) is 3.52. The van der Waals surface area contributed by atoms with E-state index < -0.39 is 0 Å². The maximum Gasteiger partial charge on any atom is 0.227 e. The van der Waals surface area contributed by atoms with E-state index in [-0.39, 0.29) is 17.9 Å². The highest BCUT2D eigenvalue weighted by Gasteiger charge is 2.29. The second-order valence-corrected chi connectivity index (χ2v) is 8.32. The fourth-order valence-electron chi connectivity index (χ4n) is 3.52. The average Bonchev–Trinajstić information content (AvgIpc) is 3.62. The topological polar surface area (TPSA) is 112 Å². The number of hydrogen-bond donors (Lipinski definition) is 3. The Balaban J connectivity index is 1.57. The molecule has 0 aromatic carbocycles. The number of carbonyl (C=O) groups is 1. The van der Waals surface area contributed by atoms with E-state index in [1.807, 2.05) is 12.1 Å². The van der Waals surface area contributed by atoms with Crippen LogP contribution in [0.4, 0.5) is 17.5 Å². The lowest BCUT2D eigenvalue weighted by Gasteiger charge is -2.18. The Bertz CT molecular complexity index is 930. The first-order chi connectivity index (χ1) is 15.1. The number of nitrogens with one attached hydrogen (secondary N) is 2. The molecule has 2 aromatic rings. The van der Waals surface area contributed by atoms with Crippen molar-refractivity contribution in [2.24, 2.45) is 10.9 Å². The molecule has 164 valence electrons. The maximum absolute atomic E-state index is 12.0. The molecule has 8 heteroatoms. The van der Waals surface area contributed by atoms with Crippen molar-refractivity contribution in [2.75, 3.05) is 17.2 Å². The van der Waals surface area contributed by atoms with Crippen LogP contribution in [-0.4, -0.2) is 44.3 Å². The van der Waals surface area contributed by atoms with Gasteiger partial charge in [-0.2, -0.15) is 4.98 Å². The van der Waals surface area contributed by atoms with Crippen molar-refractivity contribution in [2.45, 2.75) is 64.4 Å². The van der Waals surface area contributed by atoms with Gasteiger partial charge in [0.2, 0.25) is 11.9 Å². The van der Waals surface area contributed by atoms with Gasteiger partial charge in [-0.05, 0) is 57.1 Å². The average molecular weight is 423 g/mol. The molecule has 2 aliphatic rings. The quantitative estimate of drug-likeness (QED) is 0.552. The fraction of sp³-hybridized carbons (Fsp3) is 0.522. The largest absolute Gasteiger partial charge is 0.393 e. The van der Waals surface area contributed by atoms with E-state index in [1.54, 1.807) is 12.4 Å². The van der Waals surface area contributed by atoms with Gasteiger partial charge in [0.05, 0.1) is 29.2 Å². The number of nitrogens with zero attached hydrogens (tertiary/aromatic N) is 4. The van der Waals surface area contributed by atoms with Gasteiger partial charge in [-0.15, -0.1) is 0 Å². The molecule has 2 heterocycles. The van der Waals surface area contributed by atoms with E-state index in [2.05, 4.69) is 32.5 Å². The lowest BCUT2D eigenvalue weighted by atomic mass is 9.96. The third-order valence-electron chi connectivity index (χ3n) is 5.63. The number of pyridine rings is 1. The third-order valence-corrected chi connectivity index (χ3v) is 5.63. The SMILES string of the molecule is CCCCNc1ncc(-c2ccc(NC(=O)C3CC3)cn2)c(N=C2CCC(O)CC2)n1. The van der Waals surface area contributed by atoms with Gasteiger partial charge in [0.15, 0.2) is 5.82 Å². The summed E-state index contributed by atoms with van der Waals surface area (Å²) >= 11 is 0. The Kier molecular flexibility index (Phi) is 6.86. The van der Waals surface area contributed by atoms with E-state index in [0.717, 1.165) is 69.2 Å². The molecule has 0 radical (unpaired) electrons. The van der Waals surface area contributed by atoms with Crippen LogP contribution < -0.4 is 10.6 Å². The highest BCUT2D eigenvalue weighted by atomic mass is 16.3. The highest BCUT2D eigenvalue weighted by molar-refractivity contribution is 5.94. The zero-order valence-corrected chi connectivity index (χ0v) is 18.0. The highest BCUT2D eigenvalue weighted by Crippen LogP contribution is 2.32. The zero-order chi connectivity index (χ0) is 21.6. The molecule has 31 heavy (non-hydrogen) atoms. The molecule has 2 aromatic heterocycles. The lowest BCUT2D eigenvalue weighted by molar-refractivity contribution is -0.117. The molecule has 2 saturated carbocycles. The van der Waals surface area contributed by atoms with Gasteiger partial charge in [0.1, 0.15) is 0 Å². The van der Waals surface area contributed by atoms with Gasteiger partial charge in [0.25, 0.3) is 0 Å². The van der Waals surface area contributed by atoms with E-state index in [4.69, 9.17) is 4.99 Å². The summed E-state index contributed by atoms with van der Waals surface area (Å²) in [5, 5.41) is 16.0. The number of amides is 1. The number of rotatable bonds is 8. The van der Waals surface area contributed by atoms with Gasteiger partial charge in [-0.1, -0.05) is 13.3 Å². The zero-order valence-electron chi connectivity index (χ0n) is 18.0. The van der Waals surface area contributed by atoms with Crippen LogP contribution in [0.15, 0.2) is 29.5 Å². The third kappa shape index (κ3) is 5.85. The van der Waals surface area contributed by atoms with Gasteiger partial charge in [-0.25, -0.2) is 9.98 Å². The lowest BCUT2D eigenvalue weighted by Crippen LogP contribution is -2.17. The van der Waals surface area contributed by atoms with Crippen LogP contribution in [0.3, 0.4) is 0 Å². The number of carbonyl (C=O) groups excluding carboxylic acids is 1. The Morgan fingerprint density at radius 2 is 1.97 bits per heavy atom. The monoisotopic (exact) mass is 422 g/mol. The first kappa shape index (κ1) is 21.4. The summed E-state index contributed by atoms with van der Waals surface area (Å²) in [6.07, 6.45) is 10.2. The number of unbranched alkanes of at least 4 members (excludes halogenated alkanes) is 1. The minimum atomic E-state index is -0.241. The summed E-state index contributed by atoms with van der Waals surface area (Å²) in [4.78, 5) is 30.4. The van der Waals surface area contributed by atoms with Crippen molar-refractivity contribution in [1.29, 1.82) is 0 Å². The van der Waals surface area contributed by atoms with Gasteiger partial charge in [0, 0.05) is 24.4 Å². The molecular weight excluding hydrogens is 392 g/mol.